The second-order valence-corrected chi connectivity index (χ2v) is 10.7. The topological polar surface area (TPSA) is 119 Å². The van der Waals surface area contributed by atoms with Crippen molar-refractivity contribution in [2.75, 3.05) is 6.54 Å². The van der Waals surface area contributed by atoms with Gasteiger partial charge >= 0.3 is 6.18 Å². The van der Waals surface area contributed by atoms with E-state index in [1.165, 1.54) is 37.3 Å². The Morgan fingerprint density at radius 3 is 2.60 bits per heavy atom. The van der Waals surface area contributed by atoms with Crippen molar-refractivity contribution in [3.05, 3.63) is 99.7 Å². The maximum Gasteiger partial charge on any atom is 0.408 e. The van der Waals surface area contributed by atoms with Gasteiger partial charge in [0.25, 0.3) is 11.8 Å². The Morgan fingerprint density at radius 2 is 1.98 bits per heavy atom. The SMILES string of the molecule is CC(=O)C1=C2C=C(c3cccc(C(=O)NC(C)(C)c4nc(C)no4)c3)C(=NCC(F)(F)F)NC2OC1=C1C=CC(F)=CC1. The number of alkyl halides is 3. The van der Waals surface area contributed by atoms with Crippen LogP contribution in [-0.2, 0) is 15.1 Å². The highest BCUT2D eigenvalue weighted by Crippen LogP contribution is 2.39. The number of hydrogen-bond donors (Lipinski definition) is 2. The molecule has 2 N–H and O–H groups in total. The molecule has 2 aliphatic heterocycles. The molecule has 1 aromatic carbocycles. The molecule has 43 heavy (non-hydrogen) atoms. The smallest absolute Gasteiger partial charge is 0.408 e. The van der Waals surface area contributed by atoms with Crippen molar-refractivity contribution in [3.63, 3.8) is 0 Å². The third-order valence-electron chi connectivity index (χ3n) is 6.80. The highest BCUT2D eigenvalue weighted by molar-refractivity contribution is 6.25. The fraction of sp³-hybridized carbons (Fsp3) is 0.300. The number of carbonyl (C=O) groups is 2. The maximum atomic E-state index is 13.6. The summed E-state index contributed by atoms with van der Waals surface area (Å²) in [6.07, 6.45) is 0.163. The summed E-state index contributed by atoms with van der Waals surface area (Å²) in [4.78, 5) is 34.0. The number of ketones is 1. The van der Waals surface area contributed by atoms with Crippen LogP contribution in [0.3, 0.4) is 0 Å². The van der Waals surface area contributed by atoms with Gasteiger partial charge in [0.2, 0.25) is 0 Å². The van der Waals surface area contributed by atoms with E-state index in [1.54, 1.807) is 39.0 Å². The first-order chi connectivity index (χ1) is 20.2. The Balaban J connectivity index is 1.56. The number of halogens is 4. The van der Waals surface area contributed by atoms with Crippen LogP contribution in [0.5, 0.6) is 0 Å². The van der Waals surface area contributed by atoms with Crippen LogP contribution in [0.2, 0.25) is 0 Å². The first-order valence-electron chi connectivity index (χ1n) is 13.2. The van der Waals surface area contributed by atoms with E-state index in [1.807, 2.05) is 0 Å². The van der Waals surface area contributed by atoms with Gasteiger partial charge in [0.1, 0.15) is 29.5 Å². The van der Waals surface area contributed by atoms with Crippen molar-refractivity contribution in [1.29, 1.82) is 0 Å². The molecule has 224 valence electrons. The number of amides is 1. The number of ether oxygens (including phenoxy) is 1. The molecule has 1 aromatic heterocycles. The third-order valence-corrected chi connectivity index (χ3v) is 6.80. The first kappa shape index (κ1) is 29.7. The zero-order valence-electron chi connectivity index (χ0n) is 23.6. The van der Waals surface area contributed by atoms with Crippen LogP contribution in [0.4, 0.5) is 17.6 Å². The molecule has 0 saturated heterocycles. The summed E-state index contributed by atoms with van der Waals surface area (Å²) in [7, 11) is 0. The van der Waals surface area contributed by atoms with Crippen molar-refractivity contribution in [1.82, 2.24) is 20.8 Å². The molecule has 5 rings (SSSR count). The van der Waals surface area contributed by atoms with E-state index in [-0.39, 0.29) is 46.4 Å². The van der Waals surface area contributed by atoms with Gasteiger partial charge in [-0.25, -0.2) is 4.39 Å². The Kier molecular flexibility index (Phi) is 7.67. The monoisotopic (exact) mass is 597 g/mol. The van der Waals surface area contributed by atoms with Gasteiger partial charge in [0, 0.05) is 16.7 Å². The summed E-state index contributed by atoms with van der Waals surface area (Å²) in [5.74, 6) is -0.604. The molecule has 0 spiro atoms. The minimum atomic E-state index is -4.59. The van der Waals surface area contributed by atoms with Gasteiger partial charge in [-0.3, -0.25) is 14.6 Å². The van der Waals surface area contributed by atoms with Crippen molar-refractivity contribution in [3.8, 4) is 0 Å². The number of aromatic nitrogens is 2. The summed E-state index contributed by atoms with van der Waals surface area (Å²) >= 11 is 0. The summed E-state index contributed by atoms with van der Waals surface area (Å²) in [6.45, 7) is 4.88. The van der Waals surface area contributed by atoms with E-state index in [0.29, 0.717) is 22.5 Å². The molecule has 3 aliphatic rings. The normalized spacial score (nSPS) is 21.2. The number of nitrogens with one attached hydrogen (secondary N) is 2. The lowest BCUT2D eigenvalue weighted by Crippen LogP contribution is -2.41. The minimum Gasteiger partial charge on any atom is -0.465 e. The largest absolute Gasteiger partial charge is 0.465 e. The molecule has 1 aliphatic carbocycles. The van der Waals surface area contributed by atoms with Gasteiger partial charge in [-0.05, 0) is 75.6 Å². The van der Waals surface area contributed by atoms with E-state index in [9.17, 15) is 27.2 Å². The van der Waals surface area contributed by atoms with Crippen molar-refractivity contribution < 1.29 is 36.4 Å². The van der Waals surface area contributed by atoms with Gasteiger partial charge in [0.05, 0.1) is 5.57 Å². The van der Waals surface area contributed by atoms with Crippen LogP contribution in [0.25, 0.3) is 5.57 Å². The van der Waals surface area contributed by atoms with Crippen LogP contribution < -0.4 is 10.6 Å². The Labute approximate surface area is 243 Å². The number of benzene rings is 1. The summed E-state index contributed by atoms with van der Waals surface area (Å²) in [5, 5.41) is 9.46. The Morgan fingerprint density at radius 1 is 1.21 bits per heavy atom. The number of nitrogens with zero attached hydrogens (tertiary/aromatic N) is 3. The number of amidine groups is 1. The Hall–Kier alpha value is -4.81. The quantitative estimate of drug-likeness (QED) is 0.434. The molecule has 1 atom stereocenters. The average Bonchev–Trinajstić information content (AvgIpc) is 3.55. The molecular formula is C30H27F4N5O4. The minimum absolute atomic E-state index is 0.135. The second kappa shape index (κ2) is 11.1. The lowest BCUT2D eigenvalue weighted by Gasteiger charge is -2.26. The highest BCUT2D eigenvalue weighted by Gasteiger charge is 2.39. The Bertz CT molecular complexity index is 1690. The molecular weight excluding hydrogens is 570 g/mol. The summed E-state index contributed by atoms with van der Waals surface area (Å²) in [5.41, 5.74) is 0.891. The number of aryl methyl sites for hydroxylation is 1. The van der Waals surface area contributed by atoms with Crippen LogP contribution in [-0.4, -0.2) is 46.6 Å². The molecule has 9 nitrogen and oxygen atoms in total. The number of allylic oxidation sites excluding steroid dienone is 6. The first-order valence-corrected chi connectivity index (χ1v) is 13.2. The molecule has 3 heterocycles. The lowest BCUT2D eigenvalue weighted by atomic mass is 9.92. The van der Waals surface area contributed by atoms with Crippen molar-refractivity contribution in [2.24, 2.45) is 4.99 Å². The predicted molar refractivity (Wildman–Crippen MR) is 148 cm³/mol. The van der Waals surface area contributed by atoms with Crippen molar-refractivity contribution >= 4 is 23.1 Å². The standard InChI is InChI=1S/C30H27F4N5O4/c1-15(40)23-22-13-21(18-6-5-7-19(12-18)26(41)38-29(3,4)28-36-16(2)39-43-28)25(35-14-30(32,33)34)37-27(22)42-24(23)17-8-10-20(31)11-9-17/h5-8,10-13,27H,9,14H2,1-4H3,(H,35,37)(H,38,41). The van der Waals surface area contributed by atoms with Gasteiger partial charge in [-0.1, -0.05) is 23.4 Å². The zero-order valence-corrected chi connectivity index (χ0v) is 23.6. The maximum absolute atomic E-state index is 13.6. The van der Waals surface area contributed by atoms with Crippen LogP contribution >= 0.6 is 0 Å². The fourth-order valence-electron chi connectivity index (χ4n) is 4.78. The predicted octanol–water partition coefficient (Wildman–Crippen LogP) is 5.30. The number of rotatable bonds is 6. The molecule has 0 saturated carbocycles. The van der Waals surface area contributed by atoms with Gasteiger partial charge in [0.15, 0.2) is 17.8 Å². The molecule has 0 fully saturated rings. The fourth-order valence-corrected chi connectivity index (χ4v) is 4.78. The van der Waals surface area contributed by atoms with E-state index in [2.05, 4.69) is 25.8 Å². The number of carbonyl (C=O) groups excluding carboxylic acids is 2. The summed E-state index contributed by atoms with van der Waals surface area (Å²) < 4.78 is 64.5. The molecule has 13 heteroatoms. The molecule has 0 bridgehead atoms. The van der Waals surface area contributed by atoms with E-state index < -0.39 is 36.2 Å². The van der Waals surface area contributed by atoms with Gasteiger partial charge < -0.3 is 19.9 Å². The van der Waals surface area contributed by atoms with Crippen LogP contribution in [0.15, 0.2) is 86.4 Å². The van der Waals surface area contributed by atoms with E-state index >= 15 is 0 Å². The molecule has 1 unspecified atom stereocenters. The molecule has 1 amide bonds. The number of Topliss-reactive ketones (excluding diaryl/α,β-unsaturated/α-hetero) is 1. The van der Waals surface area contributed by atoms with Crippen LogP contribution in [0, 0.1) is 6.92 Å². The lowest BCUT2D eigenvalue weighted by molar-refractivity contribution is -0.118. The zero-order chi connectivity index (χ0) is 31.1. The summed E-state index contributed by atoms with van der Waals surface area (Å²) in [6, 6.07) is 6.24. The second-order valence-electron chi connectivity index (χ2n) is 10.7. The number of aliphatic imine (C=N–C) groups is 1. The average molecular weight is 598 g/mol. The number of fused-ring (bicyclic) bond motifs is 1. The van der Waals surface area contributed by atoms with Crippen molar-refractivity contribution in [2.45, 2.75) is 52.1 Å². The van der Waals surface area contributed by atoms with E-state index in [4.69, 9.17) is 9.26 Å². The molecule has 2 aromatic rings. The number of hydrogen-bond acceptors (Lipinski definition) is 7. The third kappa shape index (κ3) is 6.35. The highest BCUT2D eigenvalue weighted by atomic mass is 19.4. The van der Waals surface area contributed by atoms with Gasteiger partial charge in [-0.2, -0.15) is 18.2 Å². The van der Waals surface area contributed by atoms with Gasteiger partial charge in [-0.15, -0.1) is 0 Å². The molecule has 0 radical (unpaired) electrons. The van der Waals surface area contributed by atoms with Crippen LogP contribution in [0.1, 0.15) is 54.8 Å². The van der Waals surface area contributed by atoms with E-state index in [0.717, 1.165) is 0 Å².